The van der Waals surface area contributed by atoms with Crippen molar-refractivity contribution in [2.45, 2.75) is 12.2 Å². The molecular formula is C10H10F2O5. The predicted molar refractivity (Wildman–Crippen MR) is 51.5 cm³/mol. The second-order valence-electron chi connectivity index (χ2n) is 3.23. The zero-order chi connectivity index (χ0) is 13.2. The van der Waals surface area contributed by atoms with Crippen molar-refractivity contribution in [3.63, 3.8) is 0 Å². The molecule has 1 rings (SSSR count). The third-order valence-corrected chi connectivity index (χ3v) is 2.14. The largest absolute Gasteiger partial charge is 0.497 e. The first-order valence-corrected chi connectivity index (χ1v) is 4.50. The third-order valence-electron chi connectivity index (χ3n) is 2.14. The first-order valence-electron chi connectivity index (χ1n) is 4.50. The van der Waals surface area contributed by atoms with Gasteiger partial charge in [-0.3, -0.25) is 0 Å². The maximum absolute atomic E-state index is 13.4. The van der Waals surface area contributed by atoms with Crippen LogP contribution >= 0.6 is 0 Å². The van der Waals surface area contributed by atoms with Crippen LogP contribution in [0.15, 0.2) is 12.1 Å². The van der Waals surface area contributed by atoms with E-state index in [0.29, 0.717) is 0 Å². The Bertz CT molecular complexity index is 412. The molecule has 94 valence electrons. The van der Waals surface area contributed by atoms with E-state index in [1.165, 1.54) is 7.11 Å². The highest BCUT2D eigenvalue weighted by molar-refractivity contribution is 5.73. The van der Waals surface area contributed by atoms with Gasteiger partial charge in [0.15, 0.2) is 6.10 Å². The van der Waals surface area contributed by atoms with Gasteiger partial charge in [0.05, 0.1) is 12.7 Å². The van der Waals surface area contributed by atoms with Gasteiger partial charge in [-0.25, -0.2) is 13.6 Å². The minimum absolute atomic E-state index is 0.124. The highest BCUT2D eigenvalue weighted by Crippen LogP contribution is 2.27. The number of hydrogen-bond acceptors (Lipinski definition) is 4. The average Bonchev–Trinajstić information content (AvgIpc) is 2.26. The molecule has 1 aromatic carbocycles. The second-order valence-corrected chi connectivity index (χ2v) is 3.23. The Kier molecular flexibility index (Phi) is 3.97. The molecule has 0 radical (unpaired) electrons. The number of methoxy groups -OCH3 is 1. The fourth-order valence-corrected chi connectivity index (χ4v) is 1.25. The van der Waals surface area contributed by atoms with Gasteiger partial charge >= 0.3 is 5.97 Å². The number of aliphatic hydroxyl groups is 2. The number of hydrogen-bond donors (Lipinski definition) is 3. The summed E-state index contributed by atoms with van der Waals surface area (Å²) in [6.45, 7) is 0. The van der Waals surface area contributed by atoms with Crippen molar-refractivity contribution < 1.29 is 33.6 Å². The van der Waals surface area contributed by atoms with E-state index in [4.69, 9.17) is 10.2 Å². The molecule has 0 saturated carbocycles. The molecule has 0 saturated heterocycles. The molecule has 0 aromatic heterocycles. The Morgan fingerprint density at radius 3 is 2.12 bits per heavy atom. The lowest BCUT2D eigenvalue weighted by Crippen LogP contribution is -2.28. The van der Waals surface area contributed by atoms with Gasteiger partial charge in [-0.05, 0) is 0 Å². The van der Waals surface area contributed by atoms with Crippen LogP contribution in [-0.4, -0.2) is 34.5 Å². The highest BCUT2D eigenvalue weighted by Gasteiger charge is 2.30. The number of carboxylic acid groups (broad SMARTS) is 1. The number of ether oxygens (including phenoxy) is 1. The van der Waals surface area contributed by atoms with E-state index >= 15 is 0 Å². The zero-order valence-corrected chi connectivity index (χ0v) is 8.72. The molecule has 0 amide bonds. The van der Waals surface area contributed by atoms with Crippen LogP contribution in [0.25, 0.3) is 0 Å². The van der Waals surface area contributed by atoms with Crippen LogP contribution < -0.4 is 4.74 Å². The minimum Gasteiger partial charge on any atom is -0.497 e. The molecule has 2 unspecified atom stereocenters. The number of halogens is 2. The number of benzene rings is 1. The van der Waals surface area contributed by atoms with Crippen LogP contribution in [0.4, 0.5) is 8.78 Å². The maximum Gasteiger partial charge on any atom is 0.335 e. The number of aliphatic hydroxyl groups excluding tert-OH is 2. The van der Waals surface area contributed by atoms with Gasteiger partial charge in [-0.2, -0.15) is 0 Å². The number of aliphatic carboxylic acids is 1. The summed E-state index contributed by atoms with van der Waals surface area (Å²) in [7, 11) is 1.19. The van der Waals surface area contributed by atoms with Gasteiger partial charge < -0.3 is 20.1 Å². The molecular weight excluding hydrogens is 238 g/mol. The average molecular weight is 248 g/mol. The van der Waals surface area contributed by atoms with E-state index in [2.05, 4.69) is 4.74 Å². The topological polar surface area (TPSA) is 87.0 Å². The fourth-order valence-electron chi connectivity index (χ4n) is 1.25. The molecule has 17 heavy (non-hydrogen) atoms. The van der Waals surface area contributed by atoms with Crippen LogP contribution in [0.2, 0.25) is 0 Å². The summed E-state index contributed by atoms with van der Waals surface area (Å²) in [5.74, 6) is -4.31. The van der Waals surface area contributed by atoms with Crippen LogP contribution in [-0.2, 0) is 4.79 Å². The Balaban J connectivity index is 3.18. The first kappa shape index (κ1) is 13.3. The van der Waals surface area contributed by atoms with E-state index in [1.54, 1.807) is 0 Å². The van der Waals surface area contributed by atoms with Gasteiger partial charge in [-0.1, -0.05) is 0 Å². The zero-order valence-electron chi connectivity index (χ0n) is 8.72. The summed E-state index contributed by atoms with van der Waals surface area (Å²) in [6.07, 6.45) is -4.51. The van der Waals surface area contributed by atoms with Crippen LogP contribution in [0.5, 0.6) is 5.75 Å². The van der Waals surface area contributed by atoms with E-state index in [9.17, 15) is 18.7 Å². The van der Waals surface area contributed by atoms with Crippen LogP contribution in [0.1, 0.15) is 11.7 Å². The Morgan fingerprint density at radius 1 is 1.29 bits per heavy atom. The number of rotatable bonds is 4. The molecule has 7 heteroatoms. The van der Waals surface area contributed by atoms with Crippen LogP contribution in [0.3, 0.4) is 0 Å². The molecule has 5 nitrogen and oxygen atoms in total. The number of carboxylic acids is 1. The quantitative estimate of drug-likeness (QED) is 0.720. The van der Waals surface area contributed by atoms with Gasteiger partial charge in [0.25, 0.3) is 0 Å². The lowest BCUT2D eigenvalue weighted by Gasteiger charge is -2.16. The molecule has 0 fully saturated rings. The summed E-state index contributed by atoms with van der Waals surface area (Å²) < 4.78 is 31.4. The monoisotopic (exact) mass is 248 g/mol. The molecule has 1 aromatic rings. The Hall–Kier alpha value is -1.73. The van der Waals surface area contributed by atoms with E-state index in [0.717, 1.165) is 12.1 Å². The summed E-state index contributed by atoms with van der Waals surface area (Å²) in [4.78, 5) is 10.4. The standard InChI is InChI=1S/C10H10F2O5/c1-17-4-2-5(11)7(6(12)3-4)8(13)9(14)10(15)16/h2-3,8-9,13-14H,1H3,(H,15,16). The van der Waals surface area contributed by atoms with Crippen molar-refractivity contribution >= 4 is 5.97 Å². The summed E-state index contributed by atoms with van der Waals surface area (Å²) >= 11 is 0. The lowest BCUT2D eigenvalue weighted by molar-refractivity contribution is -0.153. The van der Waals surface area contributed by atoms with Crippen molar-refractivity contribution in [1.82, 2.24) is 0 Å². The smallest absolute Gasteiger partial charge is 0.335 e. The first-order chi connectivity index (χ1) is 7.88. The van der Waals surface area contributed by atoms with Gasteiger partial charge in [-0.15, -0.1) is 0 Å². The third kappa shape index (κ3) is 2.69. The molecule has 0 heterocycles. The summed E-state index contributed by atoms with van der Waals surface area (Å²) in [5.41, 5.74) is -0.916. The molecule has 2 atom stereocenters. The fraction of sp³-hybridized carbons (Fsp3) is 0.300. The second kappa shape index (κ2) is 5.07. The normalized spacial score (nSPS) is 14.2. The molecule has 0 aliphatic carbocycles. The minimum atomic E-state index is -2.31. The summed E-state index contributed by atoms with van der Waals surface area (Å²) in [6, 6.07) is 1.55. The number of carbonyl (C=O) groups is 1. The lowest BCUT2D eigenvalue weighted by atomic mass is 10.0. The SMILES string of the molecule is COc1cc(F)c(C(O)C(O)C(=O)O)c(F)c1. The van der Waals surface area contributed by atoms with E-state index in [-0.39, 0.29) is 5.75 Å². The van der Waals surface area contributed by atoms with Crippen molar-refractivity contribution in [1.29, 1.82) is 0 Å². The highest BCUT2D eigenvalue weighted by atomic mass is 19.1. The van der Waals surface area contributed by atoms with Crippen molar-refractivity contribution in [2.24, 2.45) is 0 Å². The molecule has 0 bridgehead atoms. The molecule has 3 N–H and O–H groups in total. The Labute approximate surface area is 94.9 Å². The molecule has 0 aliphatic rings. The maximum atomic E-state index is 13.4. The predicted octanol–water partition coefficient (Wildman–Crippen LogP) is 0.452. The van der Waals surface area contributed by atoms with Gasteiger partial charge in [0.2, 0.25) is 0 Å². The Morgan fingerprint density at radius 2 is 1.76 bits per heavy atom. The van der Waals surface area contributed by atoms with Crippen molar-refractivity contribution in [2.75, 3.05) is 7.11 Å². The van der Waals surface area contributed by atoms with Gasteiger partial charge in [0.1, 0.15) is 23.5 Å². The van der Waals surface area contributed by atoms with E-state index in [1.807, 2.05) is 0 Å². The van der Waals surface area contributed by atoms with Crippen LogP contribution in [0, 0.1) is 11.6 Å². The summed E-state index contributed by atoms with van der Waals surface area (Å²) in [5, 5.41) is 26.8. The van der Waals surface area contributed by atoms with Gasteiger partial charge in [0, 0.05) is 12.1 Å². The van der Waals surface area contributed by atoms with Crippen molar-refractivity contribution in [3.05, 3.63) is 29.3 Å². The van der Waals surface area contributed by atoms with E-state index < -0.39 is 35.4 Å². The van der Waals surface area contributed by atoms with Crippen molar-refractivity contribution in [3.8, 4) is 5.75 Å². The molecule has 0 spiro atoms. The molecule has 0 aliphatic heterocycles.